The highest BCUT2D eigenvalue weighted by Gasteiger charge is 2.56. The summed E-state index contributed by atoms with van der Waals surface area (Å²) in [6, 6.07) is 6.54. The Morgan fingerprint density at radius 1 is 1.05 bits per heavy atom. The van der Waals surface area contributed by atoms with Gasteiger partial charge in [-0.15, -0.1) is 0 Å². The highest BCUT2D eigenvalue weighted by atomic mass is 28.4. The van der Waals surface area contributed by atoms with Crippen molar-refractivity contribution in [3.8, 4) is 0 Å². The van der Waals surface area contributed by atoms with Gasteiger partial charge < -0.3 is 8.85 Å². The molecule has 0 aromatic heterocycles. The topological polar surface area (TPSA) is 18.5 Å². The summed E-state index contributed by atoms with van der Waals surface area (Å²) < 4.78 is 12.2. The Hall–Kier alpha value is -0.903. The Kier molecular flexibility index (Phi) is 3.98. The third kappa shape index (κ3) is 2.08. The lowest BCUT2D eigenvalue weighted by Crippen LogP contribution is -2.54. The van der Waals surface area contributed by atoms with Gasteiger partial charge in [-0.2, -0.15) is 0 Å². The molecule has 0 N–H and O–H groups in total. The number of hydrogen-bond donors (Lipinski definition) is 0. The number of fused-ring (bicyclic) bond motifs is 1. The third-order valence-corrected chi connectivity index (χ3v) is 9.36. The summed E-state index contributed by atoms with van der Waals surface area (Å²) in [6.45, 7) is 11.1. The predicted molar refractivity (Wildman–Crippen MR) is 87.1 cm³/mol. The van der Waals surface area contributed by atoms with Crippen molar-refractivity contribution in [2.45, 2.75) is 45.2 Å². The monoisotopic (exact) mass is 290 g/mol. The smallest absolute Gasteiger partial charge is 0.355 e. The van der Waals surface area contributed by atoms with E-state index in [9.17, 15) is 0 Å². The van der Waals surface area contributed by atoms with E-state index in [0.717, 1.165) is 0 Å². The van der Waals surface area contributed by atoms with Crippen molar-refractivity contribution >= 4 is 14.6 Å². The van der Waals surface area contributed by atoms with Crippen LogP contribution in [0.25, 0.3) is 6.08 Å². The molecule has 0 radical (unpaired) electrons. The summed E-state index contributed by atoms with van der Waals surface area (Å²) in [5.41, 5.74) is 5.68. The second-order valence-electron chi connectivity index (χ2n) is 6.72. The molecular weight excluding hydrogens is 264 g/mol. The molecule has 2 rings (SSSR count). The van der Waals surface area contributed by atoms with Crippen molar-refractivity contribution in [2.75, 3.05) is 14.2 Å². The molecule has 0 aliphatic heterocycles. The van der Waals surface area contributed by atoms with E-state index in [-0.39, 0.29) is 10.6 Å². The fraction of sp³-hybridized carbons (Fsp3) is 0.529. The average Bonchev–Trinajstić information content (AvgIpc) is 2.69. The van der Waals surface area contributed by atoms with Crippen LogP contribution in [-0.2, 0) is 8.85 Å². The summed E-state index contributed by atoms with van der Waals surface area (Å²) >= 11 is 0. The van der Waals surface area contributed by atoms with E-state index in [1.165, 1.54) is 22.3 Å². The van der Waals surface area contributed by atoms with Crippen LogP contribution >= 0.6 is 0 Å². The summed E-state index contributed by atoms with van der Waals surface area (Å²) in [6.07, 6.45) is 2.31. The van der Waals surface area contributed by atoms with Gasteiger partial charge in [0, 0.05) is 24.8 Å². The molecule has 1 aliphatic carbocycles. The van der Waals surface area contributed by atoms with Gasteiger partial charge in [-0.05, 0) is 30.5 Å². The van der Waals surface area contributed by atoms with Crippen molar-refractivity contribution in [1.82, 2.24) is 0 Å². The molecule has 1 aliphatic rings. The molecule has 1 aromatic rings. The molecule has 1 atom stereocenters. The van der Waals surface area contributed by atoms with Crippen LogP contribution in [0.15, 0.2) is 23.8 Å². The van der Waals surface area contributed by atoms with E-state index in [4.69, 9.17) is 8.85 Å². The Labute approximate surface area is 124 Å². The van der Waals surface area contributed by atoms with Gasteiger partial charge >= 0.3 is 8.56 Å². The molecular formula is C17H26O2Si. The molecule has 0 amide bonds. The molecule has 0 spiro atoms. The van der Waals surface area contributed by atoms with E-state index in [1.807, 2.05) is 14.2 Å². The SMILES string of the molecule is CO[Si](OC)(C1C(C)=Cc2c(C)cccc21)C(C)(C)C. The lowest BCUT2D eigenvalue weighted by molar-refractivity contribution is 0.206. The van der Waals surface area contributed by atoms with Gasteiger partial charge in [0.25, 0.3) is 0 Å². The first-order valence-electron chi connectivity index (χ1n) is 7.16. The van der Waals surface area contributed by atoms with Crippen molar-refractivity contribution in [1.29, 1.82) is 0 Å². The van der Waals surface area contributed by atoms with Crippen molar-refractivity contribution < 1.29 is 8.85 Å². The van der Waals surface area contributed by atoms with Crippen LogP contribution in [0.3, 0.4) is 0 Å². The molecule has 110 valence electrons. The highest BCUT2D eigenvalue weighted by molar-refractivity contribution is 6.73. The van der Waals surface area contributed by atoms with Crippen molar-refractivity contribution in [3.63, 3.8) is 0 Å². The molecule has 0 saturated heterocycles. The van der Waals surface area contributed by atoms with Crippen LogP contribution in [0.1, 0.15) is 49.9 Å². The zero-order valence-corrected chi connectivity index (χ0v) is 14.7. The van der Waals surface area contributed by atoms with E-state index in [1.54, 1.807) is 0 Å². The lowest BCUT2D eigenvalue weighted by atomic mass is 10.0. The van der Waals surface area contributed by atoms with Crippen LogP contribution in [0.5, 0.6) is 0 Å². The van der Waals surface area contributed by atoms with Crippen LogP contribution in [-0.4, -0.2) is 22.8 Å². The van der Waals surface area contributed by atoms with E-state index in [2.05, 4.69) is 58.9 Å². The van der Waals surface area contributed by atoms with Crippen LogP contribution in [0.4, 0.5) is 0 Å². The summed E-state index contributed by atoms with van der Waals surface area (Å²) in [5.74, 6) is 0. The Bertz CT molecular complexity index is 536. The lowest BCUT2D eigenvalue weighted by Gasteiger charge is -2.44. The fourth-order valence-electron chi connectivity index (χ4n) is 3.58. The molecule has 1 unspecified atom stereocenters. The number of hydrogen-bond acceptors (Lipinski definition) is 2. The van der Waals surface area contributed by atoms with E-state index in [0.29, 0.717) is 0 Å². The second kappa shape index (κ2) is 5.13. The molecule has 3 heteroatoms. The van der Waals surface area contributed by atoms with E-state index < -0.39 is 8.56 Å². The first kappa shape index (κ1) is 15.5. The quantitative estimate of drug-likeness (QED) is 0.759. The van der Waals surface area contributed by atoms with Crippen molar-refractivity contribution in [3.05, 3.63) is 40.5 Å². The van der Waals surface area contributed by atoms with Crippen LogP contribution in [0, 0.1) is 6.92 Å². The highest BCUT2D eigenvalue weighted by Crippen LogP contribution is 2.52. The first-order chi connectivity index (χ1) is 9.28. The van der Waals surface area contributed by atoms with Crippen LogP contribution in [0.2, 0.25) is 5.04 Å². The van der Waals surface area contributed by atoms with Gasteiger partial charge in [0.15, 0.2) is 0 Å². The molecule has 1 aromatic carbocycles. The molecule has 0 bridgehead atoms. The summed E-state index contributed by atoms with van der Waals surface area (Å²) in [4.78, 5) is 0. The van der Waals surface area contributed by atoms with Gasteiger partial charge in [0.2, 0.25) is 0 Å². The van der Waals surface area contributed by atoms with Gasteiger partial charge in [0.1, 0.15) is 0 Å². The standard InChI is InChI=1S/C17H26O2Si/c1-12-9-8-10-14-15(12)11-13(2)16(14)20(18-6,19-7)17(3,4)5/h8-11,16H,1-7H3. The maximum absolute atomic E-state index is 6.08. The largest absolute Gasteiger partial charge is 0.397 e. The number of aryl methyl sites for hydroxylation is 1. The molecule has 0 heterocycles. The minimum Gasteiger partial charge on any atom is -0.397 e. The predicted octanol–water partition coefficient (Wildman–Crippen LogP) is 4.57. The summed E-state index contributed by atoms with van der Waals surface area (Å²) in [5, 5.41) is 0.00161. The van der Waals surface area contributed by atoms with Gasteiger partial charge in [0.05, 0.1) is 0 Å². The normalized spacial score (nSPS) is 18.9. The maximum atomic E-state index is 6.08. The molecule has 0 saturated carbocycles. The van der Waals surface area contributed by atoms with Crippen molar-refractivity contribution in [2.24, 2.45) is 0 Å². The third-order valence-electron chi connectivity index (χ3n) is 4.53. The average molecular weight is 290 g/mol. The molecule has 2 nitrogen and oxygen atoms in total. The zero-order chi connectivity index (χ0) is 15.1. The maximum Gasteiger partial charge on any atom is 0.355 e. The van der Waals surface area contributed by atoms with Gasteiger partial charge in [-0.3, -0.25) is 0 Å². The first-order valence-corrected chi connectivity index (χ1v) is 9.06. The summed E-state index contributed by atoms with van der Waals surface area (Å²) in [7, 11) is 1.20. The zero-order valence-electron chi connectivity index (χ0n) is 13.7. The Morgan fingerprint density at radius 2 is 1.65 bits per heavy atom. The number of rotatable bonds is 3. The van der Waals surface area contributed by atoms with Crippen LogP contribution < -0.4 is 0 Å². The van der Waals surface area contributed by atoms with Gasteiger partial charge in [-0.25, -0.2) is 0 Å². The second-order valence-corrected chi connectivity index (χ2v) is 11.0. The van der Waals surface area contributed by atoms with Gasteiger partial charge in [-0.1, -0.05) is 50.6 Å². The molecule has 0 fully saturated rings. The van der Waals surface area contributed by atoms with E-state index >= 15 is 0 Å². The Morgan fingerprint density at radius 3 is 2.15 bits per heavy atom. The number of benzene rings is 1. The number of allylic oxidation sites excluding steroid dienone is 1. The minimum absolute atomic E-state index is 0.00161. The molecule has 20 heavy (non-hydrogen) atoms. The minimum atomic E-state index is -2.42. The fourth-order valence-corrected chi connectivity index (χ4v) is 7.65. The Balaban J connectivity index is 2.64.